The van der Waals surface area contributed by atoms with Crippen molar-refractivity contribution in [3.63, 3.8) is 0 Å². The summed E-state index contributed by atoms with van der Waals surface area (Å²) in [4.78, 5) is 12.2. The molecule has 1 amide bonds. The third-order valence-corrected chi connectivity index (χ3v) is 3.52. The smallest absolute Gasteiger partial charge is 0.251 e. The van der Waals surface area contributed by atoms with Crippen molar-refractivity contribution in [3.05, 3.63) is 70.2 Å². The summed E-state index contributed by atoms with van der Waals surface area (Å²) in [5.41, 5.74) is 2.06. The molecule has 0 heterocycles. The van der Waals surface area contributed by atoms with E-state index in [2.05, 4.69) is 5.32 Å². The van der Waals surface area contributed by atoms with Gasteiger partial charge in [0.2, 0.25) is 0 Å². The first-order valence-corrected chi connectivity index (χ1v) is 7.28. The van der Waals surface area contributed by atoms with Crippen molar-refractivity contribution in [2.75, 3.05) is 13.7 Å². The molecule has 0 saturated heterocycles. The summed E-state index contributed by atoms with van der Waals surface area (Å²) in [5, 5.41) is 13.4. The standard InChI is InChI=1S/C17H18ClNO3/c1-22-11-13-4-2-3-5-15(13)17(21)19-10-16(20)12-6-8-14(18)9-7-12/h2-9,16,20H,10-11H2,1H3,(H,19,21). The molecule has 0 fully saturated rings. The summed E-state index contributed by atoms with van der Waals surface area (Å²) >= 11 is 5.81. The van der Waals surface area contributed by atoms with Gasteiger partial charge in [-0.1, -0.05) is 41.9 Å². The normalized spacial score (nSPS) is 12.0. The molecule has 0 aliphatic heterocycles. The van der Waals surface area contributed by atoms with Crippen molar-refractivity contribution in [3.8, 4) is 0 Å². The molecule has 1 unspecified atom stereocenters. The summed E-state index contributed by atoms with van der Waals surface area (Å²) in [6.07, 6.45) is -0.782. The lowest BCUT2D eigenvalue weighted by Crippen LogP contribution is -2.29. The van der Waals surface area contributed by atoms with Crippen LogP contribution in [0, 0.1) is 0 Å². The van der Waals surface area contributed by atoms with Crippen molar-refractivity contribution in [2.45, 2.75) is 12.7 Å². The van der Waals surface area contributed by atoms with Crippen LogP contribution in [0.2, 0.25) is 5.02 Å². The highest BCUT2D eigenvalue weighted by Crippen LogP contribution is 2.16. The first-order valence-electron chi connectivity index (χ1n) is 6.90. The fourth-order valence-electron chi connectivity index (χ4n) is 2.11. The third kappa shape index (κ3) is 4.31. The van der Waals surface area contributed by atoms with Crippen molar-refractivity contribution in [1.29, 1.82) is 0 Å². The molecule has 2 aromatic carbocycles. The molecule has 0 spiro atoms. The third-order valence-electron chi connectivity index (χ3n) is 3.27. The minimum Gasteiger partial charge on any atom is -0.387 e. The van der Waals surface area contributed by atoms with E-state index in [4.69, 9.17) is 16.3 Å². The van der Waals surface area contributed by atoms with E-state index in [-0.39, 0.29) is 12.5 Å². The predicted molar refractivity (Wildman–Crippen MR) is 85.9 cm³/mol. The molecular weight excluding hydrogens is 302 g/mol. The van der Waals surface area contributed by atoms with Gasteiger partial charge in [0, 0.05) is 24.2 Å². The van der Waals surface area contributed by atoms with E-state index < -0.39 is 6.10 Å². The number of aliphatic hydroxyl groups is 1. The van der Waals surface area contributed by atoms with Crippen LogP contribution in [-0.2, 0) is 11.3 Å². The van der Waals surface area contributed by atoms with Crippen LogP contribution in [0.3, 0.4) is 0 Å². The highest BCUT2D eigenvalue weighted by Gasteiger charge is 2.13. The zero-order valence-electron chi connectivity index (χ0n) is 12.3. The quantitative estimate of drug-likeness (QED) is 0.860. The van der Waals surface area contributed by atoms with Gasteiger partial charge < -0.3 is 15.2 Å². The second-order valence-corrected chi connectivity index (χ2v) is 5.30. The van der Waals surface area contributed by atoms with E-state index >= 15 is 0 Å². The summed E-state index contributed by atoms with van der Waals surface area (Å²) in [5.74, 6) is -0.235. The van der Waals surface area contributed by atoms with Crippen LogP contribution in [0.1, 0.15) is 27.6 Å². The Morgan fingerprint density at radius 1 is 1.23 bits per heavy atom. The topological polar surface area (TPSA) is 58.6 Å². The SMILES string of the molecule is COCc1ccccc1C(=O)NCC(O)c1ccc(Cl)cc1. The molecule has 0 radical (unpaired) electrons. The van der Waals surface area contributed by atoms with Gasteiger partial charge in [0.1, 0.15) is 0 Å². The summed E-state index contributed by atoms with van der Waals surface area (Å²) in [7, 11) is 1.58. The van der Waals surface area contributed by atoms with E-state index in [0.29, 0.717) is 22.8 Å². The van der Waals surface area contributed by atoms with E-state index in [1.165, 1.54) is 0 Å². The fraction of sp³-hybridized carbons (Fsp3) is 0.235. The molecule has 4 nitrogen and oxygen atoms in total. The molecule has 1 atom stereocenters. The number of rotatable bonds is 6. The Balaban J connectivity index is 1.99. The van der Waals surface area contributed by atoms with E-state index in [1.54, 1.807) is 43.5 Å². The Bertz CT molecular complexity index is 628. The lowest BCUT2D eigenvalue weighted by Gasteiger charge is -2.14. The molecule has 0 bridgehead atoms. The number of nitrogens with one attached hydrogen (secondary N) is 1. The molecule has 2 aromatic rings. The first-order chi connectivity index (χ1) is 10.6. The zero-order chi connectivity index (χ0) is 15.9. The highest BCUT2D eigenvalue weighted by atomic mass is 35.5. The van der Waals surface area contributed by atoms with Gasteiger partial charge in [-0.3, -0.25) is 4.79 Å². The second kappa shape index (κ2) is 7.94. The van der Waals surface area contributed by atoms with E-state index in [0.717, 1.165) is 5.56 Å². The van der Waals surface area contributed by atoms with Crippen LogP contribution in [0.25, 0.3) is 0 Å². The second-order valence-electron chi connectivity index (χ2n) is 4.87. The van der Waals surface area contributed by atoms with Gasteiger partial charge in [-0.2, -0.15) is 0 Å². The number of carbonyl (C=O) groups is 1. The molecule has 5 heteroatoms. The maximum Gasteiger partial charge on any atom is 0.251 e. The Morgan fingerprint density at radius 3 is 2.59 bits per heavy atom. The van der Waals surface area contributed by atoms with Gasteiger partial charge in [0.15, 0.2) is 0 Å². The monoisotopic (exact) mass is 319 g/mol. The number of hydrogen-bond acceptors (Lipinski definition) is 3. The van der Waals surface area contributed by atoms with Crippen LogP contribution in [0.15, 0.2) is 48.5 Å². The summed E-state index contributed by atoms with van der Waals surface area (Å²) in [6.45, 7) is 0.491. The largest absolute Gasteiger partial charge is 0.387 e. The number of carbonyl (C=O) groups excluding carboxylic acids is 1. The molecule has 22 heavy (non-hydrogen) atoms. The molecule has 0 aliphatic carbocycles. The van der Waals surface area contributed by atoms with E-state index in [9.17, 15) is 9.90 Å². The number of hydrogen-bond donors (Lipinski definition) is 2. The molecular formula is C17H18ClNO3. The first kappa shape index (κ1) is 16.5. The van der Waals surface area contributed by atoms with Crippen LogP contribution < -0.4 is 5.32 Å². The zero-order valence-corrected chi connectivity index (χ0v) is 13.0. The summed E-state index contributed by atoms with van der Waals surface area (Å²) in [6, 6.07) is 14.1. The van der Waals surface area contributed by atoms with Crippen molar-refractivity contribution in [2.24, 2.45) is 0 Å². The van der Waals surface area contributed by atoms with Crippen LogP contribution in [0.4, 0.5) is 0 Å². The highest BCUT2D eigenvalue weighted by molar-refractivity contribution is 6.30. The van der Waals surface area contributed by atoms with Crippen molar-refractivity contribution in [1.82, 2.24) is 5.32 Å². The van der Waals surface area contributed by atoms with Gasteiger partial charge in [0.05, 0.1) is 12.7 Å². The van der Waals surface area contributed by atoms with Crippen LogP contribution in [-0.4, -0.2) is 24.7 Å². The minimum atomic E-state index is -0.782. The maximum absolute atomic E-state index is 12.2. The van der Waals surface area contributed by atoms with Crippen molar-refractivity contribution < 1.29 is 14.6 Å². The van der Waals surface area contributed by atoms with Gasteiger partial charge in [-0.25, -0.2) is 0 Å². The number of aliphatic hydroxyl groups excluding tert-OH is 1. The number of ether oxygens (including phenoxy) is 1. The molecule has 0 saturated carbocycles. The van der Waals surface area contributed by atoms with E-state index in [1.807, 2.05) is 12.1 Å². The van der Waals surface area contributed by atoms with Crippen LogP contribution in [0.5, 0.6) is 0 Å². The lowest BCUT2D eigenvalue weighted by atomic mass is 10.1. The number of amides is 1. The Labute approximate surface area is 134 Å². The lowest BCUT2D eigenvalue weighted by molar-refractivity contribution is 0.0911. The fourth-order valence-corrected chi connectivity index (χ4v) is 2.24. The van der Waals surface area contributed by atoms with Gasteiger partial charge in [0.25, 0.3) is 5.91 Å². The Morgan fingerprint density at radius 2 is 1.91 bits per heavy atom. The number of halogens is 1. The average Bonchev–Trinajstić information content (AvgIpc) is 2.54. The Hall–Kier alpha value is -1.88. The molecule has 116 valence electrons. The maximum atomic E-state index is 12.2. The molecule has 2 N–H and O–H groups in total. The number of methoxy groups -OCH3 is 1. The minimum absolute atomic E-state index is 0.127. The van der Waals surface area contributed by atoms with Crippen LogP contribution >= 0.6 is 11.6 Å². The van der Waals surface area contributed by atoms with Gasteiger partial charge in [-0.05, 0) is 29.3 Å². The molecule has 2 rings (SSSR count). The summed E-state index contributed by atoms with van der Waals surface area (Å²) < 4.78 is 5.08. The molecule has 0 aliphatic rings. The van der Waals surface area contributed by atoms with Gasteiger partial charge >= 0.3 is 0 Å². The average molecular weight is 320 g/mol. The number of benzene rings is 2. The Kier molecular flexibility index (Phi) is 5.95. The van der Waals surface area contributed by atoms with Crippen molar-refractivity contribution >= 4 is 17.5 Å². The van der Waals surface area contributed by atoms with Gasteiger partial charge in [-0.15, -0.1) is 0 Å². The predicted octanol–water partition coefficient (Wildman–Crippen LogP) is 2.95. The molecule has 0 aromatic heterocycles.